The van der Waals surface area contributed by atoms with Gasteiger partial charge in [-0.3, -0.25) is 6.08 Å². The zero-order valence-electron chi connectivity index (χ0n) is 10.6. The molecule has 0 N–H and O–H groups in total. The standard InChI is InChI=1S/C15H19.2ClH.Ti/c1-2-4-12(3-1)15-13-6-10-5-11(8-13)9-14(15)7-10;;;/h1,3,10-11,13-15H,2,5-9H2;2*1H;/q-1;;;. The van der Waals surface area contributed by atoms with E-state index >= 15 is 0 Å². The van der Waals surface area contributed by atoms with Gasteiger partial charge >= 0.3 is 0 Å². The van der Waals surface area contributed by atoms with Crippen molar-refractivity contribution < 1.29 is 21.7 Å². The molecule has 0 unspecified atom stereocenters. The normalized spacial score (nSPS) is 42.7. The Balaban J connectivity index is 0.000000540. The van der Waals surface area contributed by atoms with Gasteiger partial charge in [-0.05, 0) is 61.7 Å². The third-order valence-electron chi connectivity index (χ3n) is 5.31. The largest absolute Gasteiger partial charge is 0.269 e. The second kappa shape index (κ2) is 6.48. The minimum atomic E-state index is 0. The molecular formula is C15H21Cl2Ti-. The minimum Gasteiger partial charge on any atom is -0.269 e. The summed E-state index contributed by atoms with van der Waals surface area (Å²) in [5.41, 5.74) is 1.59. The fourth-order valence-electron chi connectivity index (χ4n) is 5.08. The molecule has 5 aliphatic carbocycles. The van der Waals surface area contributed by atoms with Crippen molar-refractivity contribution in [2.24, 2.45) is 29.6 Å². The molecule has 0 aromatic heterocycles. The first-order valence-electron chi connectivity index (χ1n) is 6.67. The van der Waals surface area contributed by atoms with E-state index in [1.807, 2.05) is 0 Å². The van der Waals surface area contributed by atoms with E-state index in [2.05, 4.69) is 18.2 Å². The van der Waals surface area contributed by atoms with Gasteiger partial charge in [-0.2, -0.15) is 6.08 Å². The minimum absolute atomic E-state index is 0. The monoisotopic (exact) mass is 319 g/mol. The molecule has 0 nitrogen and oxygen atoms in total. The van der Waals surface area contributed by atoms with E-state index in [1.165, 1.54) is 25.7 Å². The van der Waals surface area contributed by atoms with Gasteiger partial charge in [0.2, 0.25) is 0 Å². The quantitative estimate of drug-likeness (QED) is 0.490. The number of rotatable bonds is 1. The smallest absolute Gasteiger partial charge is 0 e. The molecule has 0 spiro atoms. The van der Waals surface area contributed by atoms with Crippen molar-refractivity contribution in [3.05, 3.63) is 23.8 Å². The summed E-state index contributed by atoms with van der Waals surface area (Å²) >= 11 is 0. The Labute approximate surface area is 138 Å². The van der Waals surface area contributed by atoms with Gasteiger partial charge in [0.15, 0.2) is 0 Å². The summed E-state index contributed by atoms with van der Waals surface area (Å²) in [6.45, 7) is 0. The van der Waals surface area contributed by atoms with Crippen LogP contribution in [-0.4, -0.2) is 0 Å². The van der Waals surface area contributed by atoms with Crippen LogP contribution in [0.4, 0.5) is 0 Å². The summed E-state index contributed by atoms with van der Waals surface area (Å²) in [6, 6.07) is 0. The maximum atomic E-state index is 3.59. The van der Waals surface area contributed by atoms with Crippen LogP contribution in [-0.2, 0) is 21.7 Å². The van der Waals surface area contributed by atoms with E-state index in [1.54, 1.807) is 12.0 Å². The first kappa shape index (κ1) is 16.8. The van der Waals surface area contributed by atoms with Crippen LogP contribution in [0.25, 0.3) is 0 Å². The summed E-state index contributed by atoms with van der Waals surface area (Å²) in [7, 11) is 0. The third kappa shape index (κ3) is 2.64. The SMILES string of the molecule is Cl.Cl.[C-]1=C(C2C3CC4CC(C3)CC2C4)C=CC1.[Ti]. The molecule has 0 amide bonds. The summed E-state index contributed by atoms with van der Waals surface area (Å²) < 4.78 is 0. The van der Waals surface area contributed by atoms with Crippen LogP contribution in [0.3, 0.4) is 0 Å². The predicted molar refractivity (Wildman–Crippen MR) is 75.5 cm³/mol. The predicted octanol–water partition coefficient (Wildman–Crippen LogP) is 4.59. The topological polar surface area (TPSA) is 0 Å². The van der Waals surface area contributed by atoms with Crippen molar-refractivity contribution in [2.75, 3.05) is 0 Å². The van der Waals surface area contributed by atoms with Crippen molar-refractivity contribution in [1.82, 2.24) is 0 Å². The molecule has 4 saturated carbocycles. The summed E-state index contributed by atoms with van der Waals surface area (Å²) in [4.78, 5) is 0. The second-order valence-corrected chi connectivity index (χ2v) is 6.20. The fraction of sp³-hybridized carbons (Fsp3) is 0.733. The van der Waals surface area contributed by atoms with Crippen molar-refractivity contribution in [2.45, 2.75) is 38.5 Å². The molecule has 100 valence electrons. The summed E-state index contributed by atoms with van der Waals surface area (Å²) in [6.07, 6.45) is 17.1. The maximum absolute atomic E-state index is 3.59. The van der Waals surface area contributed by atoms with Gasteiger partial charge in [0, 0.05) is 21.7 Å². The molecule has 0 aliphatic heterocycles. The molecule has 0 radical (unpaired) electrons. The van der Waals surface area contributed by atoms with Gasteiger partial charge in [0.1, 0.15) is 0 Å². The molecule has 0 saturated heterocycles. The van der Waals surface area contributed by atoms with E-state index in [-0.39, 0.29) is 46.5 Å². The third-order valence-corrected chi connectivity index (χ3v) is 5.31. The molecule has 0 aromatic carbocycles. The van der Waals surface area contributed by atoms with Crippen molar-refractivity contribution in [1.29, 1.82) is 0 Å². The molecule has 5 aliphatic rings. The first-order chi connectivity index (χ1) is 7.40. The van der Waals surface area contributed by atoms with E-state index in [4.69, 9.17) is 0 Å². The molecular weight excluding hydrogens is 299 g/mol. The van der Waals surface area contributed by atoms with Crippen molar-refractivity contribution in [3.63, 3.8) is 0 Å². The number of hydrogen-bond donors (Lipinski definition) is 0. The summed E-state index contributed by atoms with van der Waals surface area (Å²) in [5.74, 6) is 5.19. The van der Waals surface area contributed by atoms with Crippen LogP contribution in [0.2, 0.25) is 0 Å². The van der Waals surface area contributed by atoms with E-state index in [0.29, 0.717) is 0 Å². The van der Waals surface area contributed by atoms with Crippen LogP contribution in [0, 0.1) is 35.7 Å². The van der Waals surface area contributed by atoms with Crippen LogP contribution in [0.1, 0.15) is 38.5 Å². The van der Waals surface area contributed by atoms with Gasteiger partial charge in [-0.15, -0.1) is 31.2 Å². The van der Waals surface area contributed by atoms with Crippen LogP contribution < -0.4 is 0 Å². The Kier molecular flexibility index (Phi) is 6.06. The van der Waals surface area contributed by atoms with Gasteiger partial charge in [0.05, 0.1) is 0 Å². The molecule has 18 heavy (non-hydrogen) atoms. The van der Waals surface area contributed by atoms with Gasteiger partial charge in [0.25, 0.3) is 0 Å². The molecule has 0 atom stereocenters. The zero-order valence-corrected chi connectivity index (χ0v) is 13.8. The number of halogens is 2. The Morgan fingerprint density at radius 1 is 0.889 bits per heavy atom. The van der Waals surface area contributed by atoms with Crippen LogP contribution in [0.15, 0.2) is 17.7 Å². The molecule has 0 heterocycles. The average molecular weight is 320 g/mol. The molecule has 0 aromatic rings. The van der Waals surface area contributed by atoms with E-state index < -0.39 is 0 Å². The number of allylic oxidation sites excluding steroid dienone is 4. The van der Waals surface area contributed by atoms with Gasteiger partial charge in [-0.1, -0.05) is 0 Å². The van der Waals surface area contributed by atoms with Gasteiger partial charge in [-0.25, -0.2) is 11.6 Å². The Bertz CT molecular complexity index is 320. The maximum Gasteiger partial charge on any atom is 0 e. The molecule has 4 bridgehead atoms. The van der Waals surface area contributed by atoms with E-state index in [9.17, 15) is 0 Å². The first-order valence-corrected chi connectivity index (χ1v) is 6.67. The molecule has 4 fully saturated rings. The summed E-state index contributed by atoms with van der Waals surface area (Å²) in [5, 5.41) is 0. The van der Waals surface area contributed by atoms with Crippen molar-refractivity contribution >= 4 is 24.8 Å². The second-order valence-electron chi connectivity index (χ2n) is 6.20. The average Bonchev–Trinajstić information content (AvgIpc) is 2.69. The van der Waals surface area contributed by atoms with Crippen LogP contribution in [0.5, 0.6) is 0 Å². The van der Waals surface area contributed by atoms with Crippen LogP contribution >= 0.6 is 24.8 Å². The Hall–Kier alpha value is 0.774. The fourth-order valence-corrected chi connectivity index (χ4v) is 5.08. The Morgan fingerprint density at radius 2 is 1.44 bits per heavy atom. The van der Waals surface area contributed by atoms with E-state index in [0.717, 1.165) is 36.0 Å². The van der Waals surface area contributed by atoms with Crippen molar-refractivity contribution in [3.8, 4) is 0 Å². The molecule has 5 rings (SSSR count). The Morgan fingerprint density at radius 3 is 1.89 bits per heavy atom. The zero-order chi connectivity index (χ0) is 9.83. The molecule has 3 heteroatoms. The number of hydrogen-bond acceptors (Lipinski definition) is 0. The van der Waals surface area contributed by atoms with Gasteiger partial charge < -0.3 is 0 Å².